The van der Waals surface area contributed by atoms with Crippen LogP contribution in [0, 0.1) is 12.8 Å². The van der Waals surface area contributed by atoms with Gasteiger partial charge in [-0.25, -0.2) is 13.2 Å². The highest BCUT2D eigenvalue weighted by molar-refractivity contribution is 7.89. The normalized spacial score (nSPS) is 19.4. The second-order valence-electron chi connectivity index (χ2n) is 6.46. The number of aryl methyl sites for hydroxylation is 1. The maximum atomic E-state index is 13.0. The van der Waals surface area contributed by atoms with Gasteiger partial charge >= 0.3 is 6.03 Å². The van der Waals surface area contributed by atoms with E-state index in [1.807, 2.05) is 20.8 Å². The highest BCUT2D eigenvalue weighted by Gasteiger charge is 2.44. The fourth-order valence-corrected chi connectivity index (χ4v) is 4.61. The number of rotatable bonds is 3. The van der Waals surface area contributed by atoms with Gasteiger partial charge in [-0.2, -0.15) is 4.31 Å². The van der Waals surface area contributed by atoms with Gasteiger partial charge in [0.25, 0.3) is 0 Å². The summed E-state index contributed by atoms with van der Waals surface area (Å²) in [5.74, 6) is 0.00150. The lowest BCUT2D eigenvalue weighted by molar-refractivity contribution is 0.129. The van der Waals surface area contributed by atoms with E-state index in [-0.39, 0.29) is 16.8 Å². The first kappa shape index (κ1) is 17.7. The molecule has 23 heavy (non-hydrogen) atoms. The van der Waals surface area contributed by atoms with Crippen LogP contribution in [0.15, 0.2) is 29.2 Å². The van der Waals surface area contributed by atoms with Gasteiger partial charge < -0.3 is 9.80 Å². The molecule has 6 nitrogen and oxygen atoms in total. The Bertz CT molecular complexity index is 668. The first-order chi connectivity index (χ1) is 10.7. The van der Waals surface area contributed by atoms with E-state index in [9.17, 15) is 13.2 Å². The van der Waals surface area contributed by atoms with Gasteiger partial charge in [0.1, 0.15) is 6.17 Å². The van der Waals surface area contributed by atoms with Crippen LogP contribution >= 0.6 is 0 Å². The zero-order valence-corrected chi connectivity index (χ0v) is 15.2. The quantitative estimate of drug-likeness (QED) is 0.846. The van der Waals surface area contributed by atoms with Crippen LogP contribution in [0.1, 0.15) is 19.4 Å². The number of hydrogen-bond donors (Lipinski definition) is 0. The van der Waals surface area contributed by atoms with Crippen molar-refractivity contribution in [1.82, 2.24) is 14.1 Å². The van der Waals surface area contributed by atoms with E-state index in [1.54, 1.807) is 43.3 Å². The zero-order chi connectivity index (χ0) is 17.4. The molecule has 0 aromatic heterocycles. The monoisotopic (exact) mass is 339 g/mol. The molecule has 1 aromatic rings. The Morgan fingerprint density at radius 3 is 2.22 bits per heavy atom. The molecular formula is C16H25N3O3S. The lowest BCUT2D eigenvalue weighted by Crippen LogP contribution is -2.50. The van der Waals surface area contributed by atoms with E-state index in [4.69, 9.17) is 0 Å². The molecule has 2 rings (SSSR count). The Morgan fingerprint density at radius 2 is 1.74 bits per heavy atom. The number of nitrogens with zero attached hydrogens (tertiary/aromatic N) is 3. The first-order valence-electron chi connectivity index (χ1n) is 7.72. The molecule has 0 bridgehead atoms. The molecule has 1 heterocycles. The van der Waals surface area contributed by atoms with Crippen LogP contribution in [0.25, 0.3) is 0 Å². The van der Waals surface area contributed by atoms with E-state index < -0.39 is 16.2 Å². The van der Waals surface area contributed by atoms with Gasteiger partial charge in [0.05, 0.1) is 4.90 Å². The topological polar surface area (TPSA) is 60.9 Å². The van der Waals surface area contributed by atoms with Gasteiger partial charge in [0, 0.05) is 27.2 Å². The molecule has 1 fully saturated rings. The minimum Gasteiger partial charge on any atom is -0.331 e. The van der Waals surface area contributed by atoms with Crippen LogP contribution in [-0.2, 0) is 10.0 Å². The fraction of sp³-hybridized carbons (Fsp3) is 0.562. The van der Waals surface area contributed by atoms with Gasteiger partial charge in [0.2, 0.25) is 10.0 Å². The summed E-state index contributed by atoms with van der Waals surface area (Å²) in [6.45, 7) is 6.51. The molecule has 7 heteroatoms. The van der Waals surface area contributed by atoms with Gasteiger partial charge in [-0.05, 0) is 25.0 Å². The lowest BCUT2D eigenvalue weighted by Gasteiger charge is -2.34. The predicted molar refractivity (Wildman–Crippen MR) is 89.5 cm³/mol. The summed E-state index contributed by atoms with van der Waals surface area (Å²) < 4.78 is 27.4. The van der Waals surface area contributed by atoms with Crippen molar-refractivity contribution in [2.75, 3.05) is 27.2 Å². The molecule has 0 spiro atoms. The maximum Gasteiger partial charge on any atom is 0.320 e. The fourth-order valence-electron chi connectivity index (χ4n) is 2.89. The zero-order valence-electron chi connectivity index (χ0n) is 14.4. The maximum absolute atomic E-state index is 13.0. The highest BCUT2D eigenvalue weighted by Crippen LogP contribution is 2.29. The largest absolute Gasteiger partial charge is 0.331 e. The molecule has 1 atom stereocenters. The average Bonchev–Trinajstić information content (AvgIpc) is 2.92. The summed E-state index contributed by atoms with van der Waals surface area (Å²) in [6, 6.07) is 6.66. The molecule has 0 radical (unpaired) electrons. The van der Waals surface area contributed by atoms with E-state index in [2.05, 4.69) is 0 Å². The number of urea groups is 1. The molecular weight excluding hydrogens is 314 g/mol. The Labute approximate surface area is 138 Å². The molecule has 0 N–H and O–H groups in total. The molecule has 0 aliphatic carbocycles. The Hall–Kier alpha value is -1.60. The molecule has 128 valence electrons. The van der Waals surface area contributed by atoms with Crippen molar-refractivity contribution in [2.45, 2.75) is 31.8 Å². The number of carbonyl (C=O) groups excluding carboxylic acids is 1. The van der Waals surface area contributed by atoms with Crippen LogP contribution in [0.3, 0.4) is 0 Å². The van der Waals surface area contributed by atoms with Gasteiger partial charge in [0.15, 0.2) is 0 Å². The van der Waals surface area contributed by atoms with Gasteiger partial charge in [-0.15, -0.1) is 0 Å². The Balaban J connectivity index is 2.38. The van der Waals surface area contributed by atoms with E-state index in [0.29, 0.717) is 13.1 Å². The van der Waals surface area contributed by atoms with Crippen molar-refractivity contribution in [3.63, 3.8) is 0 Å². The minimum atomic E-state index is -3.62. The van der Waals surface area contributed by atoms with Crippen LogP contribution in [0.5, 0.6) is 0 Å². The molecule has 1 aliphatic rings. The van der Waals surface area contributed by atoms with Gasteiger partial charge in [-0.3, -0.25) is 0 Å². The van der Waals surface area contributed by atoms with Gasteiger partial charge in [-0.1, -0.05) is 31.5 Å². The number of amides is 2. The Kier molecular flexibility index (Phi) is 5.01. The van der Waals surface area contributed by atoms with Crippen molar-refractivity contribution in [3.8, 4) is 0 Å². The van der Waals surface area contributed by atoms with Crippen molar-refractivity contribution < 1.29 is 13.2 Å². The predicted octanol–water partition coefficient (Wildman–Crippen LogP) is 1.97. The summed E-state index contributed by atoms with van der Waals surface area (Å²) in [7, 11) is -0.266. The molecule has 0 saturated carbocycles. The molecule has 1 aromatic carbocycles. The number of hydrogen-bond acceptors (Lipinski definition) is 3. The third-order valence-corrected chi connectivity index (χ3v) is 5.91. The average molecular weight is 339 g/mol. The summed E-state index contributed by atoms with van der Waals surface area (Å²) in [4.78, 5) is 15.7. The van der Waals surface area contributed by atoms with Crippen molar-refractivity contribution in [2.24, 2.45) is 5.92 Å². The first-order valence-corrected chi connectivity index (χ1v) is 9.16. The third-order valence-electron chi connectivity index (χ3n) is 4.03. The van der Waals surface area contributed by atoms with Crippen LogP contribution in [-0.4, -0.2) is 61.9 Å². The van der Waals surface area contributed by atoms with E-state index in [0.717, 1.165) is 5.56 Å². The van der Waals surface area contributed by atoms with E-state index >= 15 is 0 Å². The molecule has 2 amide bonds. The van der Waals surface area contributed by atoms with Crippen molar-refractivity contribution >= 4 is 16.1 Å². The molecule has 1 saturated heterocycles. The van der Waals surface area contributed by atoms with E-state index in [1.165, 1.54) is 9.21 Å². The number of carbonyl (C=O) groups is 1. The highest BCUT2D eigenvalue weighted by atomic mass is 32.2. The number of benzene rings is 1. The van der Waals surface area contributed by atoms with Crippen molar-refractivity contribution in [3.05, 3.63) is 29.8 Å². The second kappa shape index (κ2) is 6.49. The summed E-state index contributed by atoms with van der Waals surface area (Å²) >= 11 is 0. The smallest absolute Gasteiger partial charge is 0.320 e. The summed E-state index contributed by atoms with van der Waals surface area (Å²) in [5.41, 5.74) is 1.01. The van der Waals surface area contributed by atoms with Crippen LogP contribution < -0.4 is 0 Å². The third kappa shape index (κ3) is 3.35. The second-order valence-corrected chi connectivity index (χ2v) is 8.35. The summed E-state index contributed by atoms with van der Waals surface area (Å²) in [6.07, 6.45) is -0.462. The van der Waals surface area contributed by atoms with Crippen LogP contribution in [0.4, 0.5) is 4.79 Å². The van der Waals surface area contributed by atoms with Crippen molar-refractivity contribution in [1.29, 1.82) is 0 Å². The standard InChI is InChI=1S/C16H25N3O3S/c1-12(2)15-18(16(20)17(4)5)10-11-19(15)23(21,22)14-8-6-13(3)7-9-14/h6-9,12,15H,10-11H2,1-5H3/t15-/m0/s1. The van der Waals surface area contributed by atoms with Crippen LogP contribution in [0.2, 0.25) is 0 Å². The number of sulfonamides is 1. The molecule has 0 unspecified atom stereocenters. The minimum absolute atomic E-state index is 0.00150. The SMILES string of the molecule is Cc1ccc(S(=O)(=O)N2CCN(C(=O)N(C)C)[C@@H]2C(C)C)cc1. The summed E-state index contributed by atoms with van der Waals surface area (Å²) in [5, 5.41) is 0. The molecule has 1 aliphatic heterocycles. The lowest BCUT2D eigenvalue weighted by atomic mass is 10.1. The Morgan fingerprint density at radius 1 is 1.17 bits per heavy atom.